The van der Waals surface area contributed by atoms with E-state index in [1.165, 1.54) is 11.8 Å². The maximum Gasteiger partial charge on any atom is 0.235 e. The lowest BCUT2D eigenvalue weighted by molar-refractivity contribution is -0.128. The summed E-state index contributed by atoms with van der Waals surface area (Å²) in [6.45, 7) is 2.01. The summed E-state index contributed by atoms with van der Waals surface area (Å²) in [4.78, 5) is 14.8. The fraction of sp³-hybridized carbons (Fsp3) is 0.333. The number of carbonyl (C=O) groups is 1. The molecule has 3 aromatic rings. The largest absolute Gasteiger partial charge is 0.348 e. The van der Waals surface area contributed by atoms with Gasteiger partial charge in [-0.1, -0.05) is 24.8 Å². The highest BCUT2D eigenvalue weighted by atomic mass is 32.2. The highest BCUT2D eigenvalue weighted by molar-refractivity contribution is 8.00. The van der Waals surface area contributed by atoms with Gasteiger partial charge >= 0.3 is 0 Å². The molecule has 1 amide bonds. The van der Waals surface area contributed by atoms with Gasteiger partial charge in [0.05, 0.1) is 10.1 Å². The summed E-state index contributed by atoms with van der Waals surface area (Å²) in [5.41, 5.74) is 0.699. The van der Waals surface area contributed by atoms with Gasteiger partial charge in [0.1, 0.15) is 5.03 Å². The van der Waals surface area contributed by atoms with E-state index in [1.54, 1.807) is 34.8 Å². The van der Waals surface area contributed by atoms with Gasteiger partial charge in [0.25, 0.3) is 0 Å². The van der Waals surface area contributed by atoms with E-state index >= 15 is 0 Å². The predicted octanol–water partition coefficient (Wildman–Crippen LogP) is 2.81. The lowest BCUT2D eigenvalue weighted by atomic mass is 10.3. The van der Waals surface area contributed by atoms with Crippen molar-refractivity contribution in [1.29, 1.82) is 0 Å². The molecule has 23 heavy (non-hydrogen) atoms. The van der Waals surface area contributed by atoms with E-state index in [0.717, 1.165) is 22.1 Å². The highest BCUT2D eigenvalue weighted by Gasteiger charge is 2.21. The molecule has 1 atom stereocenters. The van der Waals surface area contributed by atoms with E-state index in [0.29, 0.717) is 5.65 Å². The Kier molecular flexibility index (Phi) is 4.63. The molecule has 0 N–H and O–H groups in total. The Hall–Kier alpha value is -1.93. The molecule has 0 saturated carbocycles. The Balaban J connectivity index is 1.93. The first kappa shape index (κ1) is 15.9. The van der Waals surface area contributed by atoms with Crippen LogP contribution in [-0.2, 0) is 4.79 Å². The van der Waals surface area contributed by atoms with E-state index in [9.17, 15) is 4.79 Å². The van der Waals surface area contributed by atoms with Crippen molar-refractivity contribution in [3.05, 3.63) is 29.6 Å². The van der Waals surface area contributed by atoms with Crippen LogP contribution in [-0.4, -0.2) is 50.0 Å². The van der Waals surface area contributed by atoms with Gasteiger partial charge < -0.3 is 4.90 Å². The van der Waals surface area contributed by atoms with E-state index < -0.39 is 0 Å². The van der Waals surface area contributed by atoms with Crippen molar-refractivity contribution in [2.75, 3.05) is 14.1 Å². The summed E-state index contributed by atoms with van der Waals surface area (Å²) < 4.78 is 1.74. The van der Waals surface area contributed by atoms with Crippen LogP contribution in [0.15, 0.2) is 34.7 Å². The molecule has 0 aliphatic rings. The number of hydrogen-bond donors (Lipinski definition) is 0. The molecule has 120 valence electrons. The van der Waals surface area contributed by atoms with Crippen LogP contribution < -0.4 is 0 Å². The van der Waals surface area contributed by atoms with Crippen LogP contribution in [0.25, 0.3) is 16.3 Å². The molecule has 0 fully saturated rings. The smallest absolute Gasteiger partial charge is 0.235 e. The van der Waals surface area contributed by atoms with Crippen molar-refractivity contribution in [2.24, 2.45) is 0 Å². The number of amides is 1. The molecule has 1 unspecified atom stereocenters. The molecule has 0 bridgehead atoms. The van der Waals surface area contributed by atoms with Gasteiger partial charge in [-0.25, -0.2) is 0 Å². The quantitative estimate of drug-likeness (QED) is 0.664. The van der Waals surface area contributed by atoms with Crippen molar-refractivity contribution < 1.29 is 4.79 Å². The average Bonchev–Trinajstić information content (AvgIpc) is 3.20. The first-order valence-electron chi connectivity index (χ1n) is 7.24. The Morgan fingerprint density at radius 2 is 2.17 bits per heavy atom. The molecular formula is C15H17N5OS2. The molecule has 3 rings (SSSR count). The van der Waals surface area contributed by atoms with Crippen LogP contribution in [0.2, 0.25) is 0 Å². The van der Waals surface area contributed by atoms with Gasteiger partial charge in [0.2, 0.25) is 5.91 Å². The summed E-state index contributed by atoms with van der Waals surface area (Å²) in [7, 11) is 3.55. The summed E-state index contributed by atoms with van der Waals surface area (Å²) in [6, 6.07) is 7.74. The van der Waals surface area contributed by atoms with Crippen molar-refractivity contribution in [1.82, 2.24) is 24.7 Å². The zero-order valence-electron chi connectivity index (χ0n) is 13.1. The molecule has 0 aromatic carbocycles. The zero-order chi connectivity index (χ0) is 16.4. The van der Waals surface area contributed by atoms with Crippen LogP contribution in [0.5, 0.6) is 0 Å². The number of rotatable bonds is 5. The lowest BCUT2D eigenvalue weighted by Crippen LogP contribution is -2.31. The minimum atomic E-state index is -0.142. The number of aromatic nitrogens is 4. The number of hydrogen-bond acceptors (Lipinski definition) is 6. The SMILES string of the molecule is CCC(Sc1ccc2nnc(-c3cccs3)n2n1)C(=O)N(C)C. The Morgan fingerprint density at radius 3 is 2.83 bits per heavy atom. The number of carbonyl (C=O) groups excluding carboxylic acids is 1. The van der Waals surface area contributed by atoms with Gasteiger partial charge in [-0.15, -0.1) is 21.5 Å². The first-order chi connectivity index (χ1) is 11.1. The molecule has 0 spiro atoms. The maximum atomic E-state index is 12.2. The van der Waals surface area contributed by atoms with E-state index in [2.05, 4.69) is 15.3 Å². The third-order valence-corrected chi connectivity index (χ3v) is 5.47. The monoisotopic (exact) mass is 347 g/mol. The van der Waals surface area contributed by atoms with Gasteiger partial charge in [-0.2, -0.15) is 9.61 Å². The Bertz CT molecular complexity index is 813. The number of thiophene rings is 1. The third-order valence-electron chi connectivity index (χ3n) is 3.33. The molecule has 0 aliphatic carbocycles. The number of nitrogens with zero attached hydrogens (tertiary/aromatic N) is 5. The molecule has 8 heteroatoms. The zero-order valence-corrected chi connectivity index (χ0v) is 14.8. The average molecular weight is 347 g/mol. The molecule has 3 heterocycles. The van der Waals surface area contributed by atoms with E-state index in [-0.39, 0.29) is 11.2 Å². The van der Waals surface area contributed by atoms with Gasteiger partial charge in [0.15, 0.2) is 11.5 Å². The van der Waals surface area contributed by atoms with Gasteiger partial charge in [0, 0.05) is 14.1 Å². The molecule has 0 saturated heterocycles. The van der Waals surface area contributed by atoms with E-state index in [4.69, 9.17) is 0 Å². The number of thioether (sulfide) groups is 1. The summed E-state index contributed by atoms with van der Waals surface area (Å²) in [6.07, 6.45) is 0.751. The molecule has 0 aliphatic heterocycles. The second-order valence-electron chi connectivity index (χ2n) is 5.19. The normalized spacial score (nSPS) is 12.5. The fourth-order valence-electron chi connectivity index (χ4n) is 2.14. The third kappa shape index (κ3) is 3.23. The minimum absolute atomic E-state index is 0.0987. The Morgan fingerprint density at radius 1 is 1.35 bits per heavy atom. The predicted molar refractivity (Wildman–Crippen MR) is 92.7 cm³/mol. The molecule has 6 nitrogen and oxygen atoms in total. The lowest BCUT2D eigenvalue weighted by Gasteiger charge is -2.18. The van der Waals surface area contributed by atoms with Crippen molar-refractivity contribution >= 4 is 34.7 Å². The topological polar surface area (TPSA) is 63.4 Å². The fourth-order valence-corrected chi connectivity index (χ4v) is 3.88. The van der Waals surface area contributed by atoms with Crippen molar-refractivity contribution in [3.8, 4) is 10.7 Å². The first-order valence-corrected chi connectivity index (χ1v) is 9.00. The maximum absolute atomic E-state index is 12.2. The van der Waals surface area contributed by atoms with Crippen LogP contribution in [0.4, 0.5) is 0 Å². The highest BCUT2D eigenvalue weighted by Crippen LogP contribution is 2.27. The van der Waals surface area contributed by atoms with Crippen LogP contribution in [0, 0.1) is 0 Å². The second-order valence-corrected chi connectivity index (χ2v) is 7.36. The van der Waals surface area contributed by atoms with Crippen LogP contribution in [0.1, 0.15) is 13.3 Å². The summed E-state index contributed by atoms with van der Waals surface area (Å²) in [5.74, 6) is 0.825. The van der Waals surface area contributed by atoms with Crippen LogP contribution in [0.3, 0.4) is 0 Å². The Labute approximate surface area is 142 Å². The summed E-state index contributed by atoms with van der Waals surface area (Å²) >= 11 is 3.07. The molecule has 0 radical (unpaired) electrons. The standard InChI is InChI=1S/C15H17N5OS2/c1-4-10(15(21)19(2)3)23-13-8-7-12-16-17-14(20(12)18-13)11-6-5-9-22-11/h5-10H,4H2,1-3H3. The van der Waals surface area contributed by atoms with Crippen molar-refractivity contribution in [3.63, 3.8) is 0 Å². The van der Waals surface area contributed by atoms with Crippen LogP contribution >= 0.6 is 23.1 Å². The minimum Gasteiger partial charge on any atom is -0.348 e. The second kappa shape index (κ2) is 6.67. The molecule has 3 aromatic heterocycles. The number of fused-ring (bicyclic) bond motifs is 1. The van der Waals surface area contributed by atoms with Crippen molar-refractivity contribution in [2.45, 2.75) is 23.6 Å². The van der Waals surface area contributed by atoms with Gasteiger partial charge in [-0.05, 0) is 30.0 Å². The summed E-state index contributed by atoms with van der Waals surface area (Å²) in [5, 5.41) is 15.6. The molecular weight excluding hydrogens is 330 g/mol. The van der Waals surface area contributed by atoms with E-state index in [1.807, 2.05) is 36.6 Å². The van der Waals surface area contributed by atoms with Gasteiger partial charge in [-0.3, -0.25) is 4.79 Å².